The molecule has 0 saturated carbocycles. The molecule has 0 amide bonds. The summed E-state index contributed by atoms with van der Waals surface area (Å²) < 4.78 is 8.66. The number of rotatable bonds is 2. The van der Waals surface area contributed by atoms with Crippen LogP contribution in [0.25, 0.3) is 0 Å². The first-order chi connectivity index (χ1) is 4.13. The van der Waals surface area contributed by atoms with Crippen LogP contribution < -0.4 is 0 Å². The van der Waals surface area contributed by atoms with Crippen molar-refractivity contribution in [2.75, 3.05) is 0 Å². The van der Waals surface area contributed by atoms with E-state index in [1.807, 2.05) is 0 Å². The Morgan fingerprint density at radius 2 is 1.22 bits per heavy atom. The number of nitrogens with zero attached hydrogens (tertiary/aromatic N) is 2. The second-order valence-corrected chi connectivity index (χ2v) is 3.92. The van der Waals surface area contributed by atoms with Gasteiger partial charge in [0.25, 0.3) is 0 Å². The summed E-state index contributed by atoms with van der Waals surface area (Å²) in [7, 11) is 0. The third-order valence-electron chi connectivity index (χ3n) is 0.516. The molecule has 0 aromatic carbocycles. The summed E-state index contributed by atoms with van der Waals surface area (Å²) in [5.41, 5.74) is 0. The first kappa shape index (κ1) is 9.29. The molecule has 0 fully saturated rings. The topological polar surface area (TPSA) is 24.7 Å². The summed E-state index contributed by atoms with van der Waals surface area (Å²) in [6, 6.07) is 0.963. The summed E-state index contributed by atoms with van der Waals surface area (Å²) in [5, 5.41) is 0. The van der Waals surface area contributed by atoms with Crippen molar-refractivity contribution in [3.63, 3.8) is 0 Å². The fourth-order valence-corrected chi connectivity index (χ4v) is 1.28. The Hall–Kier alpha value is 0.288. The van der Waals surface area contributed by atoms with E-state index >= 15 is 0 Å². The van der Waals surface area contributed by atoms with E-state index < -0.39 is 0 Å². The van der Waals surface area contributed by atoms with Crippen LogP contribution in [0.5, 0.6) is 0 Å². The quantitative estimate of drug-likeness (QED) is 0.624. The molecule has 9 heavy (non-hydrogen) atoms. The van der Waals surface area contributed by atoms with Gasteiger partial charge in [-0.3, -0.25) is 0 Å². The summed E-state index contributed by atoms with van der Waals surface area (Å²) in [5.74, 6) is 0. The molecule has 0 saturated heterocycles. The fraction of sp³-hybridized carbons (Fsp3) is 1.00. The summed E-state index contributed by atoms with van der Waals surface area (Å²) in [6.07, 6.45) is 0. The van der Waals surface area contributed by atoms with Crippen LogP contribution in [-0.4, -0.2) is 12.1 Å². The maximum atomic E-state index is 4.33. The standard InChI is InChI=1S/2C3H7N.Mo/c2*1-3(2)4;/h2*3H,1-2H3;. The van der Waals surface area contributed by atoms with E-state index in [4.69, 9.17) is 0 Å². The molecule has 0 aliphatic carbocycles. The molecule has 3 heteroatoms. The molecular formula is C6H14MoN2. The van der Waals surface area contributed by atoms with Crippen molar-refractivity contribution in [2.24, 2.45) is 6.99 Å². The normalized spacial score (nSPS) is 10.0. The average molecular weight is 210 g/mol. The summed E-state index contributed by atoms with van der Waals surface area (Å²) in [6.45, 7) is 8.39. The first-order valence-corrected chi connectivity index (χ1v) is 4.99. The SMILES string of the molecule is CC(C)[N]=[Mo]=[N]C(C)C. The van der Waals surface area contributed by atoms with E-state index in [-0.39, 0.29) is 18.2 Å². The molecule has 0 atom stereocenters. The third-order valence-corrected chi connectivity index (χ3v) is 3.05. The van der Waals surface area contributed by atoms with Crippen LogP contribution in [0.15, 0.2) is 6.99 Å². The van der Waals surface area contributed by atoms with Crippen molar-refractivity contribution in [2.45, 2.75) is 39.8 Å². The average Bonchev–Trinajstić information content (AvgIpc) is 1.63. The molecule has 0 aliphatic rings. The minimum atomic E-state index is -0.364. The molecule has 0 radical (unpaired) electrons. The molecular weight excluding hydrogens is 196 g/mol. The van der Waals surface area contributed by atoms with Gasteiger partial charge in [0, 0.05) is 0 Å². The van der Waals surface area contributed by atoms with Gasteiger partial charge in [-0.2, -0.15) is 0 Å². The van der Waals surface area contributed by atoms with Crippen LogP contribution in [0.2, 0.25) is 0 Å². The van der Waals surface area contributed by atoms with Gasteiger partial charge in [-0.15, -0.1) is 0 Å². The van der Waals surface area contributed by atoms with Gasteiger partial charge < -0.3 is 0 Å². The molecule has 0 spiro atoms. The number of hydrogen-bond donors (Lipinski definition) is 0. The fourth-order valence-electron chi connectivity index (χ4n) is 0.216. The molecule has 0 aliphatic heterocycles. The molecule has 0 heterocycles. The molecule has 0 rings (SSSR count). The van der Waals surface area contributed by atoms with Gasteiger partial charge >= 0.3 is 65.0 Å². The second kappa shape index (κ2) is 5.10. The van der Waals surface area contributed by atoms with Crippen molar-refractivity contribution in [1.82, 2.24) is 0 Å². The van der Waals surface area contributed by atoms with E-state index in [0.717, 1.165) is 0 Å². The third kappa shape index (κ3) is 8.29. The van der Waals surface area contributed by atoms with Crippen LogP contribution in [0, 0.1) is 0 Å². The van der Waals surface area contributed by atoms with E-state index in [2.05, 4.69) is 34.7 Å². The van der Waals surface area contributed by atoms with Crippen molar-refractivity contribution >= 4 is 0 Å². The van der Waals surface area contributed by atoms with Gasteiger partial charge in [0.05, 0.1) is 0 Å². The van der Waals surface area contributed by atoms with Crippen molar-refractivity contribution in [1.29, 1.82) is 0 Å². The number of hydrogen-bond acceptors (Lipinski definition) is 2. The van der Waals surface area contributed by atoms with Gasteiger partial charge in [-0.1, -0.05) is 0 Å². The van der Waals surface area contributed by atoms with Crippen molar-refractivity contribution < 1.29 is 18.2 Å². The Labute approximate surface area is 65.3 Å². The summed E-state index contributed by atoms with van der Waals surface area (Å²) >= 11 is -0.364. The maximum absolute atomic E-state index is 4.33. The Balaban J connectivity index is 3.67. The van der Waals surface area contributed by atoms with Gasteiger partial charge in [-0.05, 0) is 0 Å². The Morgan fingerprint density at radius 1 is 0.889 bits per heavy atom. The van der Waals surface area contributed by atoms with E-state index in [1.54, 1.807) is 0 Å². The molecule has 0 N–H and O–H groups in total. The predicted octanol–water partition coefficient (Wildman–Crippen LogP) is 2.25. The van der Waals surface area contributed by atoms with Gasteiger partial charge in [-0.25, -0.2) is 0 Å². The van der Waals surface area contributed by atoms with E-state index in [1.165, 1.54) is 0 Å². The monoisotopic (exact) mass is 212 g/mol. The molecule has 0 aromatic rings. The molecule has 0 aromatic heterocycles. The minimum absolute atomic E-state index is 0.364. The van der Waals surface area contributed by atoms with Crippen LogP contribution in [-0.2, 0) is 18.2 Å². The molecule has 0 unspecified atom stereocenters. The Morgan fingerprint density at radius 3 is 1.44 bits per heavy atom. The Kier molecular flexibility index (Phi) is 5.27. The zero-order valence-corrected chi connectivity index (χ0v) is 8.46. The second-order valence-electron chi connectivity index (χ2n) is 2.48. The van der Waals surface area contributed by atoms with Crippen LogP contribution >= 0.6 is 0 Å². The van der Waals surface area contributed by atoms with Crippen LogP contribution in [0.3, 0.4) is 0 Å². The summed E-state index contributed by atoms with van der Waals surface area (Å²) in [4.78, 5) is 0. The molecule has 54 valence electrons. The van der Waals surface area contributed by atoms with Crippen LogP contribution in [0.4, 0.5) is 0 Å². The van der Waals surface area contributed by atoms with E-state index in [9.17, 15) is 0 Å². The van der Waals surface area contributed by atoms with E-state index in [0.29, 0.717) is 12.1 Å². The van der Waals surface area contributed by atoms with Gasteiger partial charge in [0.2, 0.25) is 0 Å². The zero-order chi connectivity index (χ0) is 7.28. The predicted molar refractivity (Wildman–Crippen MR) is 35.1 cm³/mol. The zero-order valence-electron chi connectivity index (χ0n) is 6.46. The van der Waals surface area contributed by atoms with Gasteiger partial charge in [0.1, 0.15) is 0 Å². The van der Waals surface area contributed by atoms with Gasteiger partial charge in [0.15, 0.2) is 0 Å². The van der Waals surface area contributed by atoms with Crippen LogP contribution in [0.1, 0.15) is 27.7 Å². The molecule has 2 nitrogen and oxygen atoms in total. The first-order valence-electron chi connectivity index (χ1n) is 3.19. The Bertz CT molecular complexity index is 111. The molecule has 0 bridgehead atoms. The van der Waals surface area contributed by atoms with Crippen molar-refractivity contribution in [3.8, 4) is 0 Å². The van der Waals surface area contributed by atoms with Crippen molar-refractivity contribution in [3.05, 3.63) is 0 Å².